The standard InChI is InChI=1S/C25H29N7O2.CH4/c1-16(33)28-9-13-30-10-8-18-19(14-26)24-29-21-4-2-3-5-22(21)32(24)25(20(18)15-30)31-11-6-17(7-12-31)23(27)34;/h2-5,17H,6-13,15H2,1H3,(H2,27,34)(H,28,33);1H4. The number of fused-ring (bicyclic) bond motifs is 4. The highest BCUT2D eigenvalue weighted by atomic mass is 16.1. The van der Waals surface area contributed by atoms with E-state index in [2.05, 4.69) is 25.6 Å². The number of pyridine rings is 1. The van der Waals surface area contributed by atoms with E-state index >= 15 is 0 Å². The van der Waals surface area contributed by atoms with Crippen LogP contribution in [0, 0.1) is 17.2 Å². The van der Waals surface area contributed by atoms with Crippen molar-refractivity contribution in [2.45, 2.75) is 40.2 Å². The van der Waals surface area contributed by atoms with Crippen molar-refractivity contribution in [3.05, 3.63) is 41.0 Å². The SMILES string of the molecule is C.CC(=O)NCCN1CCc2c(c(N3CCC(C(N)=O)CC3)n3c(nc4ccccc43)c2C#N)C1. The van der Waals surface area contributed by atoms with Crippen LogP contribution in [-0.4, -0.2) is 58.8 Å². The van der Waals surface area contributed by atoms with Crippen LogP contribution in [0.25, 0.3) is 16.7 Å². The highest BCUT2D eigenvalue weighted by molar-refractivity contribution is 5.86. The molecule has 2 aliphatic rings. The molecule has 35 heavy (non-hydrogen) atoms. The lowest BCUT2D eigenvalue weighted by molar-refractivity contribution is -0.122. The number of anilines is 1. The molecule has 9 heteroatoms. The Bertz CT molecular complexity index is 1310. The van der Waals surface area contributed by atoms with Gasteiger partial charge in [0, 0.05) is 57.7 Å². The van der Waals surface area contributed by atoms with Gasteiger partial charge in [-0.15, -0.1) is 0 Å². The summed E-state index contributed by atoms with van der Waals surface area (Å²) in [5.74, 6) is 0.692. The highest BCUT2D eigenvalue weighted by Gasteiger charge is 2.32. The predicted octanol–water partition coefficient (Wildman–Crippen LogP) is 2.19. The first-order valence-electron chi connectivity index (χ1n) is 11.8. The third-order valence-corrected chi connectivity index (χ3v) is 7.10. The largest absolute Gasteiger partial charge is 0.369 e. The van der Waals surface area contributed by atoms with Gasteiger partial charge in [-0.3, -0.25) is 18.9 Å². The van der Waals surface area contributed by atoms with Crippen LogP contribution < -0.4 is 16.0 Å². The molecule has 2 aliphatic heterocycles. The van der Waals surface area contributed by atoms with Crippen molar-refractivity contribution in [1.29, 1.82) is 5.26 Å². The molecule has 3 aromatic rings. The summed E-state index contributed by atoms with van der Waals surface area (Å²) in [6.07, 6.45) is 2.18. The van der Waals surface area contributed by atoms with Gasteiger partial charge in [0.1, 0.15) is 11.9 Å². The lowest BCUT2D eigenvalue weighted by Gasteiger charge is -2.38. The van der Waals surface area contributed by atoms with Crippen LogP contribution in [0.2, 0.25) is 0 Å². The van der Waals surface area contributed by atoms with Gasteiger partial charge in [-0.1, -0.05) is 19.6 Å². The van der Waals surface area contributed by atoms with Crippen LogP contribution in [0.15, 0.2) is 24.3 Å². The molecule has 3 N–H and O–H groups in total. The average Bonchev–Trinajstić information content (AvgIpc) is 3.21. The summed E-state index contributed by atoms with van der Waals surface area (Å²) in [5.41, 5.74) is 11.0. The molecule has 0 atom stereocenters. The van der Waals surface area contributed by atoms with Gasteiger partial charge in [-0.25, -0.2) is 4.98 Å². The third kappa shape index (κ3) is 4.42. The molecule has 1 fully saturated rings. The lowest BCUT2D eigenvalue weighted by atomic mass is 9.93. The van der Waals surface area contributed by atoms with Crippen molar-refractivity contribution >= 4 is 34.3 Å². The van der Waals surface area contributed by atoms with Crippen LogP contribution in [0.4, 0.5) is 5.82 Å². The van der Waals surface area contributed by atoms with E-state index in [-0.39, 0.29) is 25.2 Å². The van der Waals surface area contributed by atoms with Gasteiger partial charge in [0.2, 0.25) is 11.8 Å². The van der Waals surface area contributed by atoms with Gasteiger partial charge in [0.15, 0.2) is 5.65 Å². The van der Waals surface area contributed by atoms with Crippen LogP contribution >= 0.6 is 0 Å². The predicted molar refractivity (Wildman–Crippen MR) is 136 cm³/mol. The van der Waals surface area contributed by atoms with Crippen molar-refractivity contribution in [1.82, 2.24) is 19.6 Å². The number of para-hydroxylation sites is 2. The van der Waals surface area contributed by atoms with Gasteiger partial charge in [-0.2, -0.15) is 5.26 Å². The maximum Gasteiger partial charge on any atom is 0.220 e. The van der Waals surface area contributed by atoms with Crippen molar-refractivity contribution < 1.29 is 9.59 Å². The van der Waals surface area contributed by atoms with Gasteiger partial charge in [0.25, 0.3) is 0 Å². The number of aromatic nitrogens is 2. The second-order valence-electron chi connectivity index (χ2n) is 9.20. The summed E-state index contributed by atoms with van der Waals surface area (Å²) >= 11 is 0. The smallest absolute Gasteiger partial charge is 0.220 e. The van der Waals surface area contributed by atoms with Crippen molar-refractivity contribution in [2.75, 3.05) is 37.6 Å². The molecule has 2 amide bonds. The molecule has 2 aromatic heterocycles. The number of nitriles is 1. The first-order valence-corrected chi connectivity index (χ1v) is 11.8. The maximum absolute atomic E-state index is 11.8. The number of imidazole rings is 1. The Morgan fingerprint density at radius 2 is 1.94 bits per heavy atom. The van der Waals surface area contributed by atoms with Crippen LogP contribution in [0.5, 0.6) is 0 Å². The van der Waals surface area contributed by atoms with Crippen LogP contribution in [0.3, 0.4) is 0 Å². The number of carbonyl (C=O) groups excluding carboxylic acids is 2. The number of rotatable bonds is 5. The van der Waals surface area contributed by atoms with E-state index in [1.54, 1.807) is 0 Å². The highest BCUT2D eigenvalue weighted by Crippen LogP contribution is 2.37. The summed E-state index contributed by atoms with van der Waals surface area (Å²) in [5, 5.41) is 13.0. The Labute approximate surface area is 205 Å². The number of carbonyl (C=O) groups is 2. The Balaban J connectivity index is 0.00000289. The summed E-state index contributed by atoms with van der Waals surface area (Å²) < 4.78 is 2.13. The topological polar surface area (TPSA) is 120 Å². The zero-order valence-corrected chi connectivity index (χ0v) is 19.4. The van der Waals surface area contributed by atoms with Gasteiger partial charge in [-0.05, 0) is 37.0 Å². The van der Waals surface area contributed by atoms with E-state index in [1.165, 1.54) is 6.92 Å². The molecule has 184 valence electrons. The third-order valence-electron chi connectivity index (χ3n) is 7.10. The average molecular weight is 476 g/mol. The molecule has 0 bridgehead atoms. The first kappa shape index (κ1) is 24.5. The number of nitrogens with two attached hydrogens (primary N) is 1. The Morgan fingerprint density at radius 3 is 2.63 bits per heavy atom. The Kier molecular flexibility index (Phi) is 6.94. The second-order valence-corrected chi connectivity index (χ2v) is 9.20. The minimum Gasteiger partial charge on any atom is -0.369 e. The molecular formula is C26H33N7O2. The lowest BCUT2D eigenvalue weighted by Crippen LogP contribution is -2.42. The minimum absolute atomic E-state index is 0. The molecule has 1 aromatic carbocycles. The number of nitrogens with one attached hydrogen (secondary N) is 1. The molecule has 0 spiro atoms. The Hall–Kier alpha value is -3.64. The molecule has 0 radical (unpaired) electrons. The second kappa shape index (κ2) is 9.92. The van der Waals surface area contributed by atoms with Gasteiger partial charge >= 0.3 is 0 Å². The van der Waals surface area contributed by atoms with Crippen molar-refractivity contribution in [3.63, 3.8) is 0 Å². The van der Waals surface area contributed by atoms with Crippen molar-refractivity contribution in [3.8, 4) is 6.07 Å². The van der Waals surface area contributed by atoms with E-state index in [9.17, 15) is 14.9 Å². The normalized spacial score (nSPS) is 16.5. The fourth-order valence-corrected chi connectivity index (χ4v) is 5.38. The number of piperidine rings is 1. The number of hydrogen-bond acceptors (Lipinski definition) is 6. The zero-order valence-electron chi connectivity index (χ0n) is 19.4. The van der Waals surface area contributed by atoms with E-state index in [0.717, 1.165) is 60.6 Å². The monoisotopic (exact) mass is 475 g/mol. The Morgan fingerprint density at radius 1 is 1.20 bits per heavy atom. The number of hydrogen-bond donors (Lipinski definition) is 2. The number of nitrogens with zero attached hydrogens (tertiary/aromatic N) is 5. The number of amides is 2. The fourth-order valence-electron chi connectivity index (χ4n) is 5.38. The minimum atomic E-state index is -0.233. The summed E-state index contributed by atoms with van der Waals surface area (Å²) in [6.45, 7) is 5.81. The summed E-state index contributed by atoms with van der Waals surface area (Å²) in [7, 11) is 0. The molecule has 0 unspecified atom stereocenters. The summed E-state index contributed by atoms with van der Waals surface area (Å²) in [4.78, 5) is 32.6. The van der Waals surface area contributed by atoms with Gasteiger partial charge < -0.3 is 16.0 Å². The number of primary amides is 1. The number of benzene rings is 1. The van der Waals surface area contributed by atoms with E-state index in [4.69, 9.17) is 10.7 Å². The fraction of sp³-hybridized carbons (Fsp3) is 0.462. The molecule has 4 heterocycles. The molecule has 0 aliphatic carbocycles. The van der Waals surface area contributed by atoms with Crippen LogP contribution in [-0.2, 0) is 22.6 Å². The van der Waals surface area contributed by atoms with Gasteiger partial charge in [0.05, 0.1) is 16.6 Å². The maximum atomic E-state index is 11.8. The molecule has 0 saturated carbocycles. The quantitative estimate of drug-likeness (QED) is 0.584. The van der Waals surface area contributed by atoms with E-state index < -0.39 is 0 Å². The van der Waals surface area contributed by atoms with Crippen LogP contribution in [0.1, 0.15) is 43.9 Å². The first-order chi connectivity index (χ1) is 16.5. The molecular weight excluding hydrogens is 442 g/mol. The van der Waals surface area contributed by atoms with E-state index in [0.29, 0.717) is 37.1 Å². The molecule has 1 saturated heterocycles. The molecule has 5 rings (SSSR count). The summed E-state index contributed by atoms with van der Waals surface area (Å²) in [6, 6.07) is 10.4. The zero-order chi connectivity index (χ0) is 23.8. The van der Waals surface area contributed by atoms with Crippen molar-refractivity contribution in [2.24, 2.45) is 11.7 Å². The van der Waals surface area contributed by atoms with E-state index in [1.807, 2.05) is 24.3 Å². The molecule has 9 nitrogen and oxygen atoms in total.